The Morgan fingerprint density at radius 2 is 2.17 bits per heavy atom. The molecule has 1 aromatic rings. The second kappa shape index (κ2) is 6.07. The van der Waals surface area contributed by atoms with Crippen molar-refractivity contribution in [2.75, 3.05) is 5.32 Å². The van der Waals surface area contributed by atoms with Crippen molar-refractivity contribution in [2.45, 2.75) is 58.5 Å². The summed E-state index contributed by atoms with van der Waals surface area (Å²) in [7, 11) is 0. The molecule has 3 heteroatoms. The van der Waals surface area contributed by atoms with Gasteiger partial charge in [0.15, 0.2) is 0 Å². The summed E-state index contributed by atoms with van der Waals surface area (Å²) in [5, 5.41) is 3.61. The first-order valence-electron chi connectivity index (χ1n) is 7.21. The molecule has 2 unspecified atom stereocenters. The Bertz CT molecular complexity index is 438. The number of hydrogen-bond donors (Lipinski definition) is 1. The van der Waals surface area contributed by atoms with E-state index in [9.17, 15) is 4.79 Å². The molecule has 1 N–H and O–H groups in total. The minimum absolute atomic E-state index is 0.0980. The zero-order valence-electron chi connectivity index (χ0n) is 11.5. The van der Waals surface area contributed by atoms with Gasteiger partial charge < -0.3 is 9.88 Å². The van der Waals surface area contributed by atoms with E-state index in [1.807, 2.05) is 12.3 Å². The minimum atomic E-state index is 0.0980. The van der Waals surface area contributed by atoms with Crippen LogP contribution < -0.4 is 10.9 Å². The highest BCUT2D eigenvalue weighted by Crippen LogP contribution is 2.30. The van der Waals surface area contributed by atoms with E-state index < -0.39 is 0 Å². The average molecular weight is 248 g/mol. The number of anilines is 1. The van der Waals surface area contributed by atoms with Gasteiger partial charge in [0.1, 0.15) is 0 Å². The Hall–Kier alpha value is -1.25. The number of aromatic nitrogens is 1. The number of rotatable bonds is 5. The molecule has 1 fully saturated rings. The Kier molecular flexibility index (Phi) is 4.45. The molecule has 2 atom stereocenters. The van der Waals surface area contributed by atoms with E-state index in [1.54, 1.807) is 10.6 Å². The normalized spacial score (nSPS) is 23.2. The third-order valence-electron chi connectivity index (χ3n) is 3.98. The molecule has 1 aromatic heterocycles. The minimum Gasteiger partial charge on any atom is -0.381 e. The van der Waals surface area contributed by atoms with Gasteiger partial charge in [-0.2, -0.15) is 0 Å². The SMILES string of the molecule is CCCn1cc(NC2CCCC2CC)ccc1=O. The molecule has 1 aliphatic carbocycles. The van der Waals surface area contributed by atoms with Crippen LogP contribution in [0.4, 0.5) is 5.69 Å². The van der Waals surface area contributed by atoms with E-state index in [1.165, 1.54) is 25.7 Å². The van der Waals surface area contributed by atoms with Crippen molar-refractivity contribution in [2.24, 2.45) is 5.92 Å². The molecule has 18 heavy (non-hydrogen) atoms. The van der Waals surface area contributed by atoms with Crippen LogP contribution in [0.5, 0.6) is 0 Å². The maximum Gasteiger partial charge on any atom is 0.250 e. The molecule has 1 aliphatic rings. The second-order valence-electron chi connectivity index (χ2n) is 5.30. The maximum absolute atomic E-state index is 11.7. The van der Waals surface area contributed by atoms with E-state index in [-0.39, 0.29) is 5.56 Å². The van der Waals surface area contributed by atoms with Gasteiger partial charge in [-0.1, -0.05) is 26.7 Å². The van der Waals surface area contributed by atoms with Crippen LogP contribution in [-0.2, 0) is 6.54 Å². The van der Waals surface area contributed by atoms with E-state index >= 15 is 0 Å². The third-order valence-corrected chi connectivity index (χ3v) is 3.98. The summed E-state index contributed by atoms with van der Waals surface area (Å²) in [6, 6.07) is 4.18. The highest BCUT2D eigenvalue weighted by Gasteiger charge is 2.25. The largest absolute Gasteiger partial charge is 0.381 e. The lowest BCUT2D eigenvalue weighted by Crippen LogP contribution is -2.25. The van der Waals surface area contributed by atoms with Crippen molar-refractivity contribution in [1.82, 2.24) is 4.57 Å². The van der Waals surface area contributed by atoms with Crippen LogP contribution in [0.25, 0.3) is 0 Å². The standard InChI is InChI=1S/C15H24N2O/c1-3-10-17-11-13(8-9-15(17)18)16-14-7-5-6-12(14)4-2/h8-9,11-12,14,16H,3-7,10H2,1-2H3. The number of nitrogens with zero attached hydrogens (tertiary/aromatic N) is 1. The molecule has 1 saturated carbocycles. The topological polar surface area (TPSA) is 34.0 Å². The molecule has 0 aliphatic heterocycles. The number of aryl methyl sites for hydroxylation is 1. The van der Waals surface area contributed by atoms with E-state index in [2.05, 4.69) is 19.2 Å². The van der Waals surface area contributed by atoms with Gasteiger partial charge in [0, 0.05) is 24.8 Å². The maximum atomic E-state index is 11.7. The first kappa shape index (κ1) is 13.2. The smallest absolute Gasteiger partial charge is 0.250 e. The Labute approximate surface area is 109 Å². The number of nitrogens with one attached hydrogen (secondary N) is 1. The van der Waals surface area contributed by atoms with Gasteiger partial charge >= 0.3 is 0 Å². The molecule has 100 valence electrons. The van der Waals surface area contributed by atoms with Crippen LogP contribution in [0.1, 0.15) is 46.0 Å². The molecule has 0 radical (unpaired) electrons. The average Bonchev–Trinajstić information content (AvgIpc) is 2.81. The van der Waals surface area contributed by atoms with Crippen molar-refractivity contribution in [1.29, 1.82) is 0 Å². The lowest BCUT2D eigenvalue weighted by molar-refractivity contribution is 0.488. The highest BCUT2D eigenvalue weighted by atomic mass is 16.1. The molecule has 0 saturated heterocycles. The van der Waals surface area contributed by atoms with E-state index in [4.69, 9.17) is 0 Å². The number of pyridine rings is 1. The van der Waals surface area contributed by atoms with Crippen LogP contribution in [0.15, 0.2) is 23.1 Å². The summed E-state index contributed by atoms with van der Waals surface area (Å²) in [5.74, 6) is 0.788. The predicted octanol–water partition coefficient (Wildman–Crippen LogP) is 3.25. The van der Waals surface area contributed by atoms with Gasteiger partial charge in [-0.15, -0.1) is 0 Å². The van der Waals surface area contributed by atoms with E-state index in [0.29, 0.717) is 6.04 Å². The molecule has 3 nitrogen and oxygen atoms in total. The van der Waals surface area contributed by atoms with Gasteiger partial charge in [0.2, 0.25) is 0 Å². The summed E-state index contributed by atoms with van der Waals surface area (Å²) in [6.45, 7) is 5.16. The van der Waals surface area contributed by atoms with Gasteiger partial charge in [-0.05, 0) is 31.2 Å². The summed E-state index contributed by atoms with van der Waals surface area (Å²) in [6.07, 6.45) is 8.12. The molecular weight excluding hydrogens is 224 g/mol. The summed E-state index contributed by atoms with van der Waals surface area (Å²) in [5.41, 5.74) is 1.19. The molecule has 0 amide bonds. The van der Waals surface area contributed by atoms with Crippen LogP contribution in [0, 0.1) is 5.92 Å². The summed E-state index contributed by atoms with van der Waals surface area (Å²) >= 11 is 0. The molecular formula is C15H24N2O. The van der Waals surface area contributed by atoms with Crippen molar-refractivity contribution in [3.05, 3.63) is 28.7 Å². The fourth-order valence-corrected chi connectivity index (χ4v) is 2.96. The van der Waals surface area contributed by atoms with Crippen LogP contribution >= 0.6 is 0 Å². The molecule has 0 bridgehead atoms. The van der Waals surface area contributed by atoms with Crippen molar-refractivity contribution in [3.8, 4) is 0 Å². The number of hydrogen-bond acceptors (Lipinski definition) is 2. The fraction of sp³-hybridized carbons (Fsp3) is 0.667. The Morgan fingerprint density at radius 1 is 1.33 bits per heavy atom. The molecule has 0 spiro atoms. The van der Waals surface area contributed by atoms with Crippen molar-refractivity contribution >= 4 is 5.69 Å². The van der Waals surface area contributed by atoms with Crippen LogP contribution in [0.3, 0.4) is 0 Å². The monoisotopic (exact) mass is 248 g/mol. The van der Waals surface area contributed by atoms with Crippen molar-refractivity contribution < 1.29 is 0 Å². The Balaban J connectivity index is 2.09. The predicted molar refractivity (Wildman–Crippen MR) is 76.0 cm³/mol. The quantitative estimate of drug-likeness (QED) is 0.868. The zero-order chi connectivity index (χ0) is 13.0. The first-order valence-corrected chi connectivity index (χ1v) is 7.21. The summed E-state index contributed by atoms with van der Waals surface area (Å²) in [4.78, 5) is 11.7. The highest BCUT2D eigenvalue weighted by molar-refractivity contribution is 5.41. The molecule has 0 aromatic carbocycles. The molecule has 2 rings (SSSR count). The van der Waals surface area contributed by atoms with Gasteiger partial charge in [-0.25, -0.2) is 0 Å². The summed E-state index contributed by atoms with van der Waals surface area (Å²) < 4.78 is 1.80. The van der Waals surface area contributed by atoms with Gasteiger partial charge in [0.05, 0.1) is 5.69 Å². The van der Waals surface area contributed by atoms with Crippen LogP contribution in [0.2, 0.25) is 0 Å². The van der Waals surface area contributed by atoms with E-state index in [0.717, 1.165) is 24.6 Å². The Morgan fingerprint density at radius 3 is 2.89 bits per heavy atom. The lowest BCUT2D eigenvalue weighted by Gasteiger charge is -2.21. The van der Waals surface area contributed by atoms with Crippen LogP contribution in [-0.4, -0.2) is 10.6 Å². The zero-order valence-corrected chi connectivity index (χ0v) is 11.5. The van der Waals surface area contributed by atoms with Gasteiger partial charge in [0.25, 0.3) is 5.56 Å². The molecule has 1 heterocycles. The van der Waals surface area contributed by atoms with Crippen molar-refractivity contribution in [3.63, 3.8) is 0 Å². The second-order valence-corrected chi connectivity index (χ2v) is 5.30. The fourth-order valence-electron chi connectivity index (χ4n) is 2.96. The lowest BCUT2D eigenvalue weighted by atomic mass is 10.0. The third kappa shape index (κ3) is 2.95. The van der Waals surface area contributed by atoms with Gasteiger partial charge in [-0.3, -0.25) is 4.79 Å². The first-order chi connectivity index (χ1) is 8.74.